The maximum absolute atomic E-state index is 12.9. The second-order valence-corrected chi connectivity index (χ2v) is 2.79. The molecule has 2 N–H and O–H groups in total. The van der Waals surface area contributed by atoms with Gasteiger partial charge in [0.05, 0.1) is 6.04 Å². The fraction of sp³-hybridized carbons (Fsp3) is 0.333. The molecular formula is C9H10F3N. The molecule has 13 heavy (non-hydrogen) atoms. The van der Waals surface area contributed by atoms with E-state index in [4.69, 9.17) is 5.73 Å². The third kappa shape index (κ3) is 2.73. The first-order chi connectivity index (χ1) is 6.11. The number of hydrogen-bond donors (Lipinski definition) is 1. The Hall–Kier alpha value is -1.03. The van der Waals surface area contributed by atoms with Crippen LogP contribution in [-0.2, 0) is 6.42 Å². The lowest BCUT2D eigenvalue weighted by molar-refractivity contribution is 0.115. The first-order valence-corrected chi connectivity index (χ1v) is 3.88. The molecule has 1 aromatic rings. The molecule has 0 saturated heterocycles. The average molecular weight is 189 g/mol. The van der Waals surface area contributed by atoms with Crippen molar-refractivity contribution in [3.63, 3.8) is 0 Å². The van der Waals surface area contributed by atoms with Crippen molar-refractivity contribution in [3.05, 3.63) is 35.6 Å². The second kappa shape index (κ2) is 4.28. The van der Waals surface area contributed by atoms with Crippen LogP contribution in [0.4, 0.5) is 13.2 Å². The normalized spacial score (nSPS) is 13.3. The molecule has 1 aromatic carbocycles. The van der Waals surface area contributed by atoms with Gasteiger partial charge in [-0.25, -0.2) is 13.2 Å². The Morgan fingerprint density at radius 3 is 2.38 bits per heavy atom. The molecule has 0 aliphatic carbocycles. The molecule has 0 spiro atoms. The number of nitrogens with two attached hydrogens (primary N) is 1. The number of halogens is 3. The zero-order valence-corrected chi connectivity index (χ0v) is 6.88. The van der Waals surface area contributed by atoms with E-state index in [0.29, 0.717) is 0 Å². The van der Waals surface area contributed by atoms with Gasteiger partial charge in [-0.2, -0.15) is 0 Å². The van der Waals surface area contributed by atoms with Gasteiger partial charge in [-0.3, -0.25) is 0 Å². The zero-order valence-electron chi connectivity index (χ0n) is 6.88. The van der Waals surface area contributed by atoms with Crippen LogP contribution in [0.2, 0.25) is 0 Å². The van der Waals surface area contributed by atoms with Crippen LogP contribution in [0.15, 0.2) is 24.3 Å². The lowest BCUT2D eigenvalue weighted by Crippen LogP contribution is -2.31. The van der Waals surface area contributed by atoms with Gasteiger partial charge in [0.1, 0.15) is 5.82 Å². The molecule has 0 bridgehead atoms. The van der Waals surface area contributed by atoms with Gasteiger partial charge in [-0.1, -0.05) is 18.2 Å². The first-order valence-electron chi connectivity index (χ1n) is 3.88. The lowest BCUT2D eigenvalue weighted by Gasteiger charge is -2.10. The maximum Gasteiger partial charge on any atom is 0.253 e. The van der Waals surface area contributed by atoms with Crippen molar-refractivity contribution < 1.29 is 13.2 Å². The second-order valence-electron chi connectivity index (χ2n) is 2.79. The van der Waals surface area contributed by atoms with E-state index < -0.39 is 18.3 Å². The van der Waals surface area contributed by atoms with Gasteiger partial charge in [-0.05, 0) is 18.1 Å². The molecule has 0 heterocycles. The van der Waals surface area contributed by atoms with Gasteiger partial charge in [0, 0.05) is 0 Å². The summed E-state index contributed by atoms with van der Waals surface area (Å²) in [4.78, 5) is 0. The van der Waals surface area contributed by atoms with Crippen molar-refractivity contribution in [2.45, 2.75) is 18.9 Å². The molecule has 0 radical (unpaired) electrons. The highest BCUT2D eigenvalue weighted by Gasteiger charge is 2.16. The highest BCUT2D eigenvalue weighted by Crippen LogP contribution is 2.11. The summed E-state index contributed by atoms with van der Waals surface area (Å²) in [6.45, 7) is 0. The Morgan fingerprint density at radius 1 is 1.23 bits per heavy atom. The number of rotatable bonds is 3. The number of hydrogen-bond acceptors (Lipinski definition) is 1. The SMILES string of the molecule is NC(Cc1ccccc1F)C(F)F. The van der Waals surface area contributed by atoms with Crippen LogP contribution in [0.5, 0.6) is 0 Å². The zero-order chi connectivity index (χ0) is 9.84. The summed E-state index contributed by atoms with van der Waals surface area (Å²) >= 11 is 0. The Morgan fingerprint density at radius 2 is 1.85 bits per heavy atom. The summed E-state index contributed by atoms with van der Waals surface area (Å²) in [6, 6.07) is 4.49. The van der Waals surface area contributed by atoms with Crippen LogP contribution in [-0.4, -0.2) is 12.5 Å². The van der Waals surface area contributed by atoms with Gasteiger partial charge in [-0.15, -0.1) is 0 Å². The third-order valence-corrected chi connectivity index (χ3v) is 1.74. The van der Waals surface area contributed by atoms with E-state index in [9.17, 15) is 13.2 Å². The highest BCUT2D eigenvalue weighted by molar-refractivity contribution is 5.18. The van der Waals surface area contributed by atoms with Gasteiger partial charge in [0.15, 0.2) is 0 Å². The molecule has 1 rings (SSSR count). The van der Waals surface area contributed by atoms with E-state index >= 15 is 0 Å². The molecule has 0 aromatic heterocycles. The molecule has 1 atom stereocenters. The molecule has 0 aliphatic rings. The lowest BCUT2D eigenvalue weighted by atomic mass is 10.1. The van der Waals surface area contributed by atoms with Gasteiger partial charge in [0.25, 0.3) is 6.43 Å². The van der Waals surface area contributed by atoms with Crippen molar-refractivity contribution >= 4 is 0 Å². The van der Waals surface area contributed by atoms with Gasteiger partial charge < -0.3 is 5.73 Å². The predicted molar refractivity (Wildman–Crippen MR) is 44.1 cm³/mol. The number of benzene rings is 1. The van der Waals surface area contributed by atoms with E-state index in [0.717, 1.165) is 0 Å². The largest absolute Gasteiger partial charge is 0.323 e. The Bertz CT molecular complexity index is 275. The first kappa shape index (κ1) is 10.1. The fourth-order valence-electron chi connectivity index (χ4n) is 1.01. The molecule has 0 fully saturated rings. The van der Waals surface area contributed by atoms with Crippen molar-refractivity contribution in [1.82, 2.24) is 0 Å². The van der Waals surface area contributed by atoms with Crippen LogP contribution in [0, 0.1) is 5.82 Å². The Labute approximate surface area is 74.4 Å². The van der Waals surface area contributed by atoms with Gasteiger partial charge >= 0.3 is 0 Å². The summed E-state index contributed by atoms with van der Waals surface area (Å²) in [5, 5.41) is 0. The number of alkyl halides is 2. The molecule has 1 unspecified atom stereocenters. The van der Waals surface area contributed by atoms with Crippen molar-refractivity contribution in [2.24, 2.45) is 5.73 Å². The summed E-state index contributed by atoms with van der Waals surface area (Å²) in [6.07, 6.45) is -2.75. The van der Waals surface area contributed by atoms with Crippen LogP contribution >= 0.6 is 0 Å². The predicted octanol–water partition coefficient (Wildman–Crippen LogP) is 1.96. The van der Waals surface area contributed by atoms with Crippen molar-refractivity contribution in [1.29, 1.82) is 0 Å². The fourth-order valence-corrected chi connectivity index (χ4v) is 1.01. The smallest absolute Gasteiger partial charge is 0.253 e. The molecule has 1 nitrogen and oxygen atoms in total. The van der Waals surface area contributed by atoms with E-state index in [2.05, 4.69) is 0 Å². The Kier molecular flexibility index (Phi) is 3.31. The molecule has 0 amide bonds. The van der Waals surface area contributed by atoms with E-state index in [1.54, 1.807) is 6.07 Å². The van der Waals surface area contributed by atoms with Gasteiger partial charge in [0.2, 0.25) is 0 Å². The molecule has 72 valence electrons. The minimum Gasteiger partial charge on any atom is -0.323 e. The summed E-state index contributed by atoms with van der Waals surface area (Å²) in [7, 11) is 0. The van der Waals surface area contributed by atoms with Crippen molar-refractivity contribution in [2.75, 3.05) is 0 Å². The summed E-state index contributed by atoms with van der Waals surface area (Å²) in [5.41, 5.74) is 5.33. The van der Waals surface area contributed by atoms with E-state index in [1.165, 1.54) is 18.2 Å². The van der Waals surface area contributed by atoms with Crippen LogP contribution in [0.1, 0.15) is 5.56 Å². The molecular weight excluding hydrogens is 179 g/mol. The standard InChI is InChI=1S/C9H10F3N/c10-7-4-2-1-3-6(7)5-8(13)9(11)12/h1-4,8-9H,5,13H2. The quantitative estimate of drug-likeness (QED) is 0.772. The minimum atomic E-state index is -2.61. The highest BCUT2D eigenvalue weighted by atomic mass is 19.3. The van der Waals surface area contributed by atoms with Crippen LogP contribution < -0.4 is 5.73 Å². The summed E-state index contributed by atoms with van der Waals surface area (Å²) in [5.74, 6) is -0.487. The van der Waals surface area contributed by atoms with Crippen LogP contribution in [0.25, 0.3) is 0 Å². The molecule has 0 saturated carbocycles. The molecule has 4 heteroatoms. The van der Waals surface area contributed by atoms with E-state index in [-0.39, 0.29) is 12.0 Å². The summed E-state index contributed by atoms with van der Waals surface area (Å²) < 4.78 is 36.9. The third-order valence-electron chi connectivity index (χ3n) is 1.74. The maximum atomic E-state index is 12.9. The van der Waals surface area contributed by atoms with Crippen molar-refractivity contribution in [3.8, 4) is 0 Å². The monoisotopic (exact) mass is 189 g/mol. The minimum absolute atomic E-state index is 0.135. The van der Waals surface area contributed by atoms with Crippen LogP contribution in [0.3, 0.4) is 0 Å². The average Bonchev–Trinajstić information content (AvgIpc) is 2.08. The van der Waals surface area contributed by atoms with E-state index in [1.807, 2.05) is 0 Å². The molecule has 0 aliphatic heterocycles. The Balaban J connectivity index is 2.69. The topological polar surface area (TPSA) is 26.0 Å².